The van der Waals surface area contributed by atoms with Crippen LogP contribution in [0.25, 0.3) is 22.2 Å². The number of hydrogen-bond acceptors (Lipinski definition) is 3. The molecule has 0 bridgehead atoms. The minimum absolute atomic E-state index is 0.850. The molecular formula is C15H17N3O. The van der Waals surface area contributed by atoms with Crippen molar-refractivity contribution in [2.45, 2.75) is 34.2 Å². The van der Waals surface area contributed by atoms with Gasteiger partial charge < -0.3 is 9.09 Å². The van der Waals surface area contributed by atoms with Gasteiger partial charge in [0.25, 0.3) is 0 Å². The summed E-state index contributed by atoms with van der Waals surface area (Å²) < 4.78 is 7.45. The average Bonchev–Trinajstić information content (AvgIpc) is 2.87. The van der Waals surface area contributed by atoms with Crippen molar-refractivity contribution in [3.8, 4) is 11.1 Å². The fourth-order valence-electron chi connectivity index (χ4n) is 2.70. The predicted octanol–water partition coefficient (Wildman–Crippen LogP) is 3.64. The molecule has 3 rings (SSSR count). The Morgan fingerprint density at radius 1 is 1.21 bits per heavy atom. The SMILES string of the molecule is CCn1c(C)nc2cc(-c3c(C)noc3C)ccc21. The van der Waals surface area contributed by atoms with Crippen LogP contribution in [-0.2, 0) is 6.54 Å². The number of fused-ring (bicyclic) bond motifs is 1. The molecule has 2 aromatic heterocycles. The second kappa shape index (κ2) is 4.23. The highest BCUT2D eigenvalue weighted by Crippen LogP contribution is 2.29. The Kier molecular flexibility index (Phi) is 2.66. The smallest absolute Gasteiger partial charge is 0.141 e. The molecule has 0 N–H and O–H groups in total. The van der Waals surface area contributed by atoms with Gasteiger partial charge in [0.05, 0.1) is 16.7 Å². The first kappa shape index (κ1) is 12.0. The maximum Gasteiger partial charge on any atom is 0.141 e. The molecule has 0 saturated heterocycles. The van der Waals surface area contributed by atoms with Crippen LogP contribution in [0.5, 0.6) is 0 Å². The van der Waals surface area contributed by atoms with E-state index in [4.69, 9.17) is 4.52 Å². The lowest BCUT2D eigenvalue weighted by Gasteiger charge is -2.03. The van der Waals surface area contributed by atoms with Crippen LogP contribution in [0.1, 0.15) is 24.2 Å². The predicted molar refractivity (Wildman–Crippen MR) is 75.1 cm³/mol. The third kappa shape index (κ3) is 1.75. The highest BCUT2D eigenvalue weighted by atomic mass is 16.5. The molecule has 0 aliphatic carbocycles. The van der Waals surface area contributed by atoms with Crippen LogP contribution >= 0.6 is 0 Å². The fraction of sp³-hybridized carbons (Fsp3) is 0.333. The Hall–Kier alpha value is -2.10. The fourth-order valence-corrected chi connectivity index (χ4v) is 2.70. The van der Waals surface area contributed by atoms with Gasteiger partial charge in [0.15, 0.2) is 0 Å². The molecule has 0 radical (unpaired) electrons. The second-order valence-corrected chi connectivity index (χ2v) is 4.81. The largest absolute Gasteiger partial charge is 0.361 e. The molecule has 3 aromatic rings. The standard InChI is InChI=1S/C15H17N3O/c1-5-18-11(4)16-13-8-12(6-7-14(13)18)15-9(2)17-19-10(15)3/h6-8H,5H2,1-4H3. The lowest BCUT2D eigenvalue weighted by atomic mass is 10.0. The summed E-state index contributed by atoms with van der Waals surface area (Å²) in [7, 11) is 0. The van der Waals surface area contributed by atoms with Crippen LogP contribution in [0.2, 0.25) is 0 Å². The Morgan fingerprint density at radius 2 is 2.00 bits per heavy atom. The highest BCUT2D eigenvalue weighted by Gasteiger charge is 2.13. The van der Waals surface area contributed by atoms with Gasteiger partial charge in [0.2, 0.25) is 0 Å². The normalized spacial score (nSPS) is 11.4. The van der Waals surface area contributed by atoms with Gasteiger partial charge in [-0.3, -0.25) is 0 Å². The molecular weight excluding hydrogens is 238 g/mol. The van der Waals surface area contributed by atoms with E-state index < -0.39 is 0 Å². The molecule has 0 fully saturated rings. The summed E-state index contributed by atoms with van der Waals surface area (Å²) in [6.07, 6.45) is 0. The van der Waals surface area contributed by atoms with Crippen molar-refractivity contribution in [2.75, 3.05) is 0 Å². The Balaban J connectivity index is 2.23. The van der Waals surface area contributed by atoms with Crippen molar-refractivity contribution in [1.82, 2.24) is 14.7 Å². The molecule has 98 valence electrons. The zero-order chi connectivity index (χ0) is 13.6. The summed E-state index contributed by atoms with van der Waals surface area (Å²) in [5.41, 5.74) is 5.31. The van der Waals surface area contributed by atoms with Gasteiger partial charge >= 0.3 is 0 Å². The molecule has 1 aromatic carbocycles. The molecule has 0 unspecified atom stereocenters. The Bertz CT molecular complexity index is 733. The van der Waals surface area contributed by atoms with E-state index in [0.29, 0.717) is 0 Å². The van der Waals surface area contributed by atoms with E-state index in [1.807, 2.05) is 20.8 Å². The molecule has 0 aliphatic heterocycles. The van der Waals surface area contributed by atoms with Gasteiger partial charge in [-0.05, 0) is 45.4 Å². The van der Waals surface area contributed by atoms with E-state index in [1.165, 1.54) is 5.52 Å². The first-order valence-corrected chi connectivity index (χ1v) is 6.52. The monoisotopic (exact) mass is 255 g/mol. The molecule has 0 aliphatic rings. The minimum Gasteiger partial charge on any atom is -0.361 e. The quantitative estimate of drug-likeness (QED) is 0.702. The van der Waals surface area contributed by atoms with Gasteiger partial charge in [0, 0.05) is 12.1 Å². The van der Waals surface area contributed by atoms with Gasteiger partial charge in [0.1, 0.15) is 11.6 Å². The number of imidazole rings is 1. The number of nitrogens with zero attached hydrogens (tertiary/aromatic N) is 3. The van der Waals surface area contributed by atoms with Crippen molar-refractivity contribution in [3.05, 3.63) is 35.5 Å². The number of aromatic nitrogens is 3. The molecule has 4 heteroatoms. The van der Waals surface area contributed by atoms with Gasteiger partial charge in [-0.2, -0.15) is 0 Å². The van der Waals surface area contributed by atoms with Crippen molar-refractivity contribution in [2.24, 2.45) is 0 Å². The van der Waals surface area contributed by atoms with E-state index in [2.05, 4.69) is 39.8 Å². The van der Waals surface area contributed by atoms with E-state index in [1.54, 1.807) is 0 Å². The Morgan fingerprint density at radius 3 is 2.63 bits per heavy atom. The van der Waals surface area contributed by atoms with Crippen molar-refractivity contribution < 1.29 is 4.52 Å². The van der Waals surface area contributed by atoms with E-state index >= 15 is 0 Å². The van der Waals surface area contributed by atoms with Crippen molar-refractivity contribution in [3.63, 3.8) is 0 Å². The van der Waals surface area contributed by atoms with Gasteiger partial charge in [-0.25, -0.2) is 4.98 Å². The van der Waals surface area contributed by atoms with Gasteiger partial charge in [-0.1, -0.05) is 11.2 Å². The first-order valence-electron chi connectivity index (χ1n) is 6.52. The summed E-state index contributed by atoms with van der Waals surface area (Å²) in [5, 5.41) is 4.01. The number of benzene rings is 1. The van der Waals surface area contributed by atoms with E-state index in [0.717, 1.165) is 40.5 Å². The molecule has 0 spiro atoms. The summed E-state index contributed by atoms with van der Waals surface area (Å²) in [6, 6.07) is 6.35. The first-order chi connectivity index (χ1) is 9.11. The topological polar surface area (TPSA) is 43.9 Å². The maximum absolute atomic E-state index is 5.24. The van der Waals surface area contributed by atoms with Crippen molar-refractivity contribution in [1.29, 1.82) is 0 Å². The van der Waals surface area contributed by atoms with Crippen LogP contribution < -0.4 is 0 Å². The minimum atomic E-state index is 0.850. The van der Waals surface area contributed by atoms with Crippen LogP contribution in [0, 0.1) is 20.8 Å². The molecule has 0 atom stereocenters. The summed E-state index contributed by atoms with van der Waals surface area (Å²) in [5.74, 6) is 1.90. The second-order valence-electron chi connectivity index (χ2n) is 4.81. The van der Waals surface area contributed by atoms with Gasteiger partial charge in [-0.15, -0.1) is 0 Å². The molecule has 2 heterocycles. The third-order valence-corrected chi connectivity index (χ3v) is 3.58. The highest BCUT2D eigenvalue weighted by molar-refractivity contribution is 5.83. The average molecular weight is 255 g/mol. The molecule has 19 heavy (non-hydrogen) atoms. The van der Waals surface area contributed by atoms with Crippen molar-refractivity contribution >= 4 is 11.0 Å². The number of rotatable bonds is 2. The van der Waals surface area contributed by atoms with Crippen LogP contribution in [-0.4, -0.2) is 14.7 Å². The molecule has 0 saturated carbocycles. The lowest BCUT2D eigenvalue weighted by Crippen LogP contribution is -1.95. The van der Waals surface area contributed by atoms with Crippen LogP contribution in [0.3, 0.4) is 0 Å². The summed E-state index contributed by atoms with van der Waals surface area (Å²) >= 11 is 0. The summed E-state index contributed by atoms with van der Waals surface area (Å²) in [4.78, 5) is 4.63. The third-order valence-electron chi connectivity index (χ3n) is 3.58. The van der Waals surface area contributed by atoms with Crippen LogP contribution in [0.4, 0.5) is 0 Å². The number of hydrogen-bond donors (Lipinski definition) is 0. The van der Waals surface area contributed by atoms with Crippen LogP contribution in [0.15, 0.2) is 22.7 Å². The number of aryl methyl sites for hydroxylation is 4. The Labute approximate surface area is 112 Å². The maximum atomic E-state index is 5.24. The van der Waals surface area contributed by atoms with E-state index in [9.17, 15) is 0 Å². The van der Waals surface area contributed by atoms with E-state index in [-0.39, 0.29) is 0 Å². The molecule has 0 amide bonds. The zero-order valence-corrected chi connectivity index (χ0v) is 11.7. The lowest BCUT2D eigenvalue weighted by molar-refractivity contribution is 0.393. The summed E-state index contributed by atoms with van der Waals surface area (Å²) in [6.45, 7) is 9.02. The molecule has 4 nitrogen and oxygen atoms in total. The zero-order valence-electron chi connectivity index (χ0n) is 11.7.